The Bertz CT molecular complexity index is 805. The van der Waals surface area contributed by atoms with Crippen LogP contribution in [-0.2, 0) is 17.9 Å². The molecule has 1 aliphatic heterocycles. The molecule has 0 saturated heterocycles. The number of para-hydroxylation sites is 1. The average Bonchev–Trinajstić information content (AvgIpc) is 3.00. The van der Waals surface area contributed by atoms with E-state index < -0.39 is 5.97 Å². The fourth-order valence-electron chi connectivity index (χ4n) is 4.08. The molecule has 2 amide bonds. The molecular weight excluding hydrogens is 318 g/mol. The molecule has 2 aliphatic rings. The molecule has 0 spiro atoms. The molecule has 1 aliphatic carbocycles. The van der Waals surface area contributed by atoms with E-state index in [0.717, 1.165) is 25.1 Å². The number of amides is 2. The van der Waals surface area contributed by atoms with Gasteiger partial charge in [-0.3, -0.25) is 4.79 Å². The number of nitrogens with zero attached hydrogens (tertiary/aromatic N) is 2. The first-order valence-electron chi connectivity index (χ1n) is 8.97. The predicted molar refractivity (Wildman–Crippen MR) is 94.3 cm³/mol. The molecule has 2 N–H and O–H groups in total. The Labute approximate surface area is 146 Å². The SMILES string of the molecule is O=C(O)C1CCC(NC(=O)N2CCn3c(cc4ccccc43)C2)CC1. The van der Waals surface area contributed by atoms with Crippen molar-refractivity contribution in [3.05, 3.63) is 36.0 Å². The van der Waals surface area contributed by atoms with Crippen LogP contribution in [0.3, 0.4) is 0 Å². The normalized spacial score (nSPS) is 23.3. The van der Waals surface area contributed by atoms with E-state index in [2.05, 4.69) is 28.1 Å². The van der Waals surface area contributed by atoms with Gasteiger partial charge < -0.3 is 19.9 Å². The molecule has 6 heteroatoms. The largest absolute Gasteiger partial charge is 0.481 e. The van der Waals surface area contributed by atoms with E-state index in [4.69, 9.17) is 5.11 Å². The van der Waals surface area contributed by atoms with Crippen molar-refractivity contribution in [2.75, 3.05) is 6.54 Å². The summed E-state index contributed by atoms with van der Waals surface area (Å²) in [5, 5.41) is 13.4. The number of hydrogen-bond acceptors (Lipinski definition) is 2. The minimum absolute atomic E-state index is 0.0321. The lowest BCUT2D eigenvalue weighted by atomic mass is 9.86. The highest BCUT2D eigenvalue weighted by atomic mass is 16.4. The summed E-state index contributed by atoms with van der Waals surface area (Å²) in [4.78, 5) is 25.5. The third-order valence-corrected chi connectivity index (χ3v) is 5.53. The lowest BCUT2D eigenvalue weighted by molar-refractivity contribution is -0.142. The zero-order valence-electron chi connectivity index (χ0n) is 14.1. The summed E-state index contributed by atoms with van der Waals surface area (Å²) in [6.07, 6.45) is 2.79. The van der Waals surface area contributed by atoms with E-state index in [1.165, 1.54) is 10.9 Å². The molecule has 0 atom stereocenters. The van der Waals surface area contributed by atoms with Gasteiger partial charge in [0.25, 0.3) is 0 Å². The van der Waals surface area contributed by atoms with Crippen LogP contribution >= 0.6 is 0 Å². The van der Waals surface area contributed by atoms with Crippen molar-refractivity contribution in [3.63, 3.8) is 0 Å². The minimum Gasteiger partial charge on any atom is -0.481 e. The second-order valence-corrected chi connectivity index (χ2v) is 7.10. The van der Waals surface area contributed by atoms with Gasteiger partial charge in [0.15, 0.2) is 0 Å². The summed E-state index contributed by atoms with van der Waals surface area (Å²) in [6.45, 7) is 2.12. The van der Waals surface area contributed by atoms with Crippen LogP contribution in [-0.4, -0.2) is 39.2 Å². The zero-order chi connectivity index (χ0) is 17.4. The minimum atomic E-state index is -0.714. The molecule has 0 radical (unpaired) electrons. The molecule has 132 valence electrons. The molecule has 1 aromatic carbocycles. The number of carbonyl (C=O) groups excluding carboxylic acids is 1. The van der Waals surface area contributed by atoms with Crippen LogP contribution in [0.25, 0.3) is 10.9 Å². The topological polar surface area (TPSA) is 74.6 Å². The summed E-state index contributed by atoms with van der Waals surface area (Å²) < 4.78 is 2.29. The van der Waals surface area contributed by atoms with Crippen molar-refractivity contribution in [1.29, 1.82) is 0 Å². The molecule has 0 unspecified atom stereocenters. The van der Waals surface area contributed by atoms with Crippen LogP contribution in [0.2, 0.25) is 0 Å². The summed E-state index contributed by atoms with van der Waals surface area (Å²) >= 11 is 0. The molecule has 0 bridgehead atoms. The molecule has 1 saturated carbocycles. The maximum atomic E-state index is 12.6. The van der Waals surface area contributed by atoms with E-state index in [0.29, 0.717) is 25.9 Å². The average molecular weight is 341 g/mol. The first kappa shape index (κ1) is 16.0. The standard InChI is InChI=1S/C19H23N3O3/c23-18(24)13-5-7-15(8-6-13)20-19(25)21-9-10-22-16(12-21)11-14-3-1-2-4-17(14)22/h1-4,11,13,15H,5-10,12H2,(H,20,25)(H,23,24). The highest BCUT2D eigenvalue weighted by molar-refractivity contribution is 5.82. The van der Waals surface area contributed by atoms with Crippen molar-refractivity contribution in [2.45, 2.75) is 44.8 Å². The number of rotatable bonds is 2. The summed E-state index contributed by atoms with van der Waals surface area (Å²) in [7, 11) is 0. The molecule has 6 nitrogen and oxygen atoms in total. The number of aromatic nitrogens is 1. The molecular formula is C19H23N3O3. The smallest absolute Gasteiger partial charge is 0.318 e. The summed E-state index contributed by atoms with van der Waals surface area (Å²) in [5.74, 6) is -0.965. The Hall–Kier alpha value is -2.50. The van der Waals surface area contributed by atoms with Crippen molar-refractivity contribution in [1.82, 2.24) is 14.8 Å². The Morgan fingerprint density at radius 2 is 1.84 bits per heavy atom. The van der Waals surface area contributed by atoms with Gasteiger partial charge in [-0.1, -0.05) is 18.2 Å². The highest BCUT2D eigenvalue weighted by Crippen LogP contribution is 2.26. The molecule has 1 aromatic heterocycles. The van der Waals surface area contributed by atoms with Gasteiger partial charge in [-0.15, -0.1) is 0 Å². The maximum absolute atomic E-state index is 12.6. The molecule has 4 rings (SSSR count). The number of urea groups is 1. The quantitative estimate of drug-likeness (QED) is 0.882. The van der Waals surface area contributed by atoms with Gasteiger partial charge in [-0.05, 0) is 43.2 Å². The van der Waals surface area contributed by atoms with Crippen molar-refractivity contribution in [2.24, 2.45) is 5.92 Å². The number of benzene rings is 1. The van der Waals surface area contributed by atoms with Crippen LogP contribution in [0.4, 0.5) is 4.79 Å². The fourth-order valence-corrected chi connectivity index (χ4v) is 4.08. The monoisotopic (exact) mass is 341 g/mol. The molecule has 1 fully saturated rings. The van der Waals surface area contributed by atoms with E-state index in [1.807, 2.05) is 17.0 Å². The van der Waals surface area contributed by atoms with Gasteiger partial charge in [0.1, 0.15) is 0 Å². The second kappa shape index (κ2) is 6.43. The van der Waals surface area contributed by atoms with Crippen molar-refractivity contribution >= 4 is 22.9 Å². The lowest BCUT2D eigenvalue weighted by Gasteiger charge is -2.32. The van der Waals surface area contributed by atoms with Crippen LogP contribution < -0.4 is 5.32 Å². The number of hydrogen-bond donors (Lipinski definition) is 2. The lowest BCUT2D eigenvalue weighted by Crippen LogP contribution is -2.48. The Balaban J connectivity index is 1.38. The number of carboxylic acid groups (broad SMARTS) is 1. The van der Waals surface area contributed by atoms with Crippen molar-refractivity contribution < 1.29 is 14.7 Å². The van der Waals surface area contributed by atoms with E-state index in [1.54, 1.807) is 0 Å². The van der Waals surface area contributed by atoms with Gasteiger partial charge in [-0.25, -0.2) is 4.79 Å². The Morgan fingerprint density at radius 1 is 1.08 bits per heavy atom. The number of fused-ring (bicyclic) bond motifs is 3. The Kier molecular flexibility index (Phi) is 4.11. The van der Waals surface area contributed by atoms with Crippen molar-refractivity contribution in [3.8, 4) is 0 Å². The number of nitrogens with one attached hydrogen (secondary N) is 1. The van der Waals surface area contributed by atoms with Crippen LogP contribution in [0.15, 0.2) is 30.3 Å². The van der Waals surface area contributed by atoms with E-state index in [9.17, 15) is 9.59 Å². The van der Waals surface area contributed by atoms with Gasteiger partial charge in [0, 0.05) is 30.3 Å². The Morgan fingerprint density at radius 3 is 2.60 bits per heavy atom. The third kappa shape index (κ3) is 3.08. The second-order valence-electron chi connectivity index (χ2n) is 7.10. The van der Waals surface area contributed by atoms with Gasteiger partial charge in [0.05, 0.1) is 12.5 Å². The van der Waals surface area contributed by atoms with Crippen LogP contribution in [0, 0.1) is 5.92 Å². The summed E-state index contributed by atoms with van der Waals surface area (Å²) in [5.41, 5.74) is 2.39. The third-order valence-electron chi connectivity index (χ3n) is 5.53. The number of carbonyl (C=O) groups is 2. The number of aliphatic carboxylic acids is 1. The zero-order valence-corrected chi connectivity index (χ0v) is 14.1. The van der Waals surface area contributed by atoms with E-state index in [-0.39, 0.29) is 18.0 Å². The molecule has 2 aromatic rings. The predicted octanol–water partition coefficient (Wildman–Crippen LogP) is 2.81. The first-order chi connectivity index (χ1) is 12.1. The first-order valence-corrected chi connectivity index (χ1v) is 8.97. The maximum Gasteiger partial charge on any atom is 0.318 e. The van der Waals surface area contributed by atoms with Crippen LogP contribution in [0.1, 0.15) is 31.4 Å². The van der Waals surface area contributed by atoms with Gasteiger partial charge in [0.2, 0.25) is 0 Å². The summed E-state index contributed by atoms with van der Waals surface area (Å²) in [6, 6.07) is 10.5. The van der Waals surface area contributed by atoms with Gasteiger partial charge >= 0.3 is 12.0 Å². The number of carboxylic acids is 1. The van der Waals surface area contributed by atoms with Crippen LogP contribution in [0.5, 0.6) is 0 Å². The van der Waals surface area contributed by atoms with Gasteiger partial charge in [-0.2, -0.15) is 0 Å². The fraction of sp³-hybridized carbons (Fsp3) is 0.474. The molecule has 25 heavy (non-hydrogen) atoms. The van der Waals surface area contributed by atoms with E-state index >= 15 is 0 Å². The molecule has 2 heterocycles. The highest BCUT2D eigenvalue weighted by Gasteiger charge is 2.29.